The Labute approximate surface area is 111 Å². The average Bonchev–Trinajstić information content (AvgIpc) is 2.32. The average molecular weight is 311 g/mol. The summed E-state index contributed by atoms with van der Waals surface area (Å²) in [5.41, 5.74) is 0.115. The summed E-state index contributed by atoms with van der Waals surface area (Å²) in [7, 11) is 0. The highest BCUT2D eigenvalue weighted by molar-refractivity contribution is 9.10. The Kier molecular flexibility index (Phi) is 3.57. The van der Waals surface area contributed by atoms with Crippen molar-refractivity contribution in [2.75, 3.05) is 5.32 Å². The first kappa shape index (κ1) is 12.5. The lowest BCUT2D eigenvalue weighted by atomic mass is 10.2. The lowest BCUT2D eigenvalue weighted by Gasteiger charge is -2.06. The lowest BCUT2D eigenvalue weighted by Crippen LogP contribution is -2.13. The molecule has 2 rings (SSSR count). The number of amides is 1. The van der Waals surface area contributed by atoms with Crippen LogP contribution in [0.15, 0.2) is 41.0 Å². The number of pyridine rings is 1. The Bertz CT molecular complexity index is 587. The van der Waals surface area contributed by atoms with Gasteiger partial charge in [-0.3, -0.25) is 4.79 Å². The SMILES string of the molecule is O=C(Nc1ccc(F)cn1)c1ccc(Br)cc1O. The van der Waals surface area contributed by atoms with E-state index in [0.29, 0.717) is 4.47 Å². The molecule has 1 heterocycles. The highest BCUT2D eigenvalue weighted by Crippen LogP contribution is 2.22. The zero-order valence-electron chi connectivity index (χ0n) is 9.02. The number of benzene rings is 1. The Morgan fingerprint density at radius 1 is 1.33 bits per heavy atom. The largest absolute Gasteiger partial charge is 0.507 e. The van der Waals surface area contributed by atoms with Gasteiger partial charge in [0.25, 0.3) is 5.91 Å². The molecule has 1 aromatic heterocycles. The molecule has 0 saturated carbocycles. The Morgan fingerprint density at radius 2 is 2.11 bits per heavy atom. The third-order valence-electron chi connectivity index (χ3n) is 2.17. The van der Waals surface area contributed by atoms with Crippen molar-refractivity contribution >= 4 is 27.7 Å². The first-order valence-corrected chi connectivity index (χ1v) is 5.77. The number of hydrogen-bond donors (Lipinski definition) is 2. The number of aromatic hydroxyl groups is 1. The van der Waals surface area contributed by atoms with Gasteiger partial charge in [-0.15, -0.1) is 0 Å². The second-order valence-corrected chi connectivity index (χ2v) is 4.39. The predicted octanol–water partition coefficient (Wildman–Crippen LogP) is 2.94. The highest BCUT2D eigenvalue weighted by atomic mass is 79.9. The van der Waals surface area contributed by atoms with Crippen molar-refractivity contribution in [1.29, 1.82) is 0 Å². The van der Waals surface area contributed by atoms with Crippen LogP contribution < -0.4 is 5.32 Å². The maximum atomic E-state index is 12.6. The molecule has 2 aromatic rings. The zero-order chi connectivity index (χ0) is 13.1. The van der Waals surface area contributed by atoms with Gasteiger partial charge >= 0.3 is 0 Å². The van der Waals surface area contributed by atoms with E-state index >= 15 is 0 Å². The van der Waals surface area contributed by atoms with Crippen LogP contribution in [0.2, 0.25) is 0 Å². The monoisotopic (exact) mass is 310 g/mol. The van der Waals surface area contributed by atoms with Crippen LogP contribution in [0.5, 0.6) is 5.75 Å². The van der Waals surface area contributed by atoms with Gasteiger partial charge in [-0.25, -0.2) is 9.37 Å². The van der Waals surface area contributed by atoms with Crippen LogP contribution in [0.4, 0.5) is 10.2 Å². The molecule has 0 atom stereocenters. The fraction of sp³-hybridized carbons (Fsp3) is 0. The number of rotatable bonds is 2. The van der Waals surface area contributed by atoms with Crippen molar-refractivity contribution < 1.29 is 14.3 Å². The Morgan fingerprint density at radius 3 is 2.72 bits per heavy atom. The number of nitrogens with zero attached hydrogens (tertiary/aromatic N) is 1. The molecule has 1 amide bonds. The van der Waals surface area contributed by atoms with E-state index in [9.17, 15) is 14.3 Å². The number of halogens is 2. The third kappa shape index (κ3) is 2.84. The summed E-state index contributed by atoms with van der Waals surface area (Å²) < 4.78 is 13.3. The summed E-state index contributed by atoms with van der Waals surface area (Å²) in [5, 5.41) is 12.1. The molecule has 0 saturated heterocycles. The molecule has 2 N–H and O–H groups in total. The molecule has 0 unspecified atom stereocenters. The maximum absolute atomic E-state index is 12.6. The number of anilines is 1. The van der Waals surface area contributed by atoms with Crippen molar-refractivity contribution in [3.63, 3.8) is 0 Å². The van der Waals surface area contributed by atoms with E-state index in [1.54, 1.807) is 6.07 Å². The molecule has 18 heavy (non-hydrogen) atoms. The molecule has 4 nitrogen and oxygen atoms in total. The molecule has 0 fully saturated rings. The number of carbonyl (C=O) groups is 1. The van der Waals surface area contributed by atoms with Crippen molar-refractivity contribution in [1.82, 2.24) is 4.98 Å². The first-order valence-electron chi connectivity index (χ1n) is 4.97. The first-order chi connectivity index (χ1) is 8.56. The minimum absolute atomic E-state index is 0.115. The summed E-state index contributed by atoms with van der Waals surface area (Å²) in [6.07, 6.45) is 0.997. The molecule has 1 aromatic carbocycles. The van der Waals surface area contributed by atoms with Crippen LogP contribution in [0.1, 0.15) is 10.4 Å². The van der Waals surface area contributed by atoms with Crippen LogP contribution in [0, 0.1) is 5.82 Å². The fourth-order valence-electron chi connectivity index (χ4n) is 1.33. The van der Waals surface area contributed by atoms with Gasteiger partial charge in [0.05, 0.1) is 11.8 Å². The number of aromatic nitrogens is 1. The summed E-state index contributed by atoms with van der Waals surface area (Å²) in [5.74, 6) is -0.939. The molecule has 0 aliphatic rings. The predicted molar refractivity (Wildman–Crippen MR) is 68.0 cm³/mol. The van der Waals surface area contributed by atoms with Crippen LogP contribution in [0.25, 0.3) is 0 Å². The number of phenolic OH excluding ortho intramolecular Hbond substituents is 1. The number of carbonyl (C=O) groups excluding carboxylic acids is 1. The van der Waals surface area contributed by atoms with Crippen LogP contribution in [0.3, 0.4) is 0 Å². The van der Waals surface area contributed by atoms with Crippen molar-refractivity contribution in [2.24, 2.45) is 0 Å². The van der Waals surface area contributed by atoms with Gasteiger partial charge in [0.2, 0.25) is 0 Å². The van der Waals surface area contributed by atoms with E-state index in [1.807, 2.05) is 0 Å². The summed E-state index contributed by atoms with van der Waals surface area (Å²) in [4.78, 5) is 15.5. The van der Waals surface area contributed by atoms with Gasteiger partial charge in [0.15, 0.2) is 0 Å². The number of nitrogens with one attached hydrogen (secondary N) is 1. The quantitative estimate of drug-likeness (QED) is 0.896. The molecular weight excluding hydrogens is 303 g/mol. The third-order valence-corrected chi connectivity index (χ3v) is 2.67. The molecule has 0 aliphatic heterocycles. The molecule has 0 radical (unpaired) electrons. The van der Waals surface area contributed by atoms with Gasteiger partial charge in [-0.05, 0) is 30.3 Å². The van der Waals surface area contributed by atoms with Gasteiger partial charge in [-0.1, -0.05) is 15.9 Å². The Hall–Kier alpha value is -1.95. The lowest BCUT2D eigenvalue weighted by molar-refractivity contribution is 0.102. The van der Waals surface area contributed by atoms with Crippen LogP contribution in [-0.4, -0.2) is 16.0 Å². The maximum Gasteiger partial charge on any atom is 0.260 e. The van der Waals surface area contributed by atoms with E-state index in [1.165, 1.54) is 24.3 Å². The van der Waals surface area contributed by atoms with E-state index in [-0.39, 0.29) is 17.1 Å². The molecule has 92 valence electrons. The van der Waals surface area contributed by atoms with Crippen molar-refractivity contribution in [3.05, 3.63) is 52.4 Å². The second kappa shape index (κ2) is 5.14. The number of phenols is 1. The summed E-state index contributed by atoms with van der Waals surface area (Å²) >= 11 is 3.17. The molecule has 6 heteroatoms. The smallest absolute Gasteiger partial charge is 0.260 e. The van der Waals surface area contributed by atoms with E-state index in [4.69, 9.17) is 0 Å². The molecular formula is C12H8BrFN2O2. The summed E-state index contributed by atoms with van der Waals surface area (Å²) in [6.45, 7) is 0. The van der Waals surface area contributed by atoms with Crippen molar-refractivity contribution in [3.8, 4) is 5.75 Å². The van der Waals surface area contributed by atoms with Crippen LogP contribution >= 0.6 is 15.9 Å². The van der Waals surface area contributed by atoms with Crippen LogP contribution in [-0.2, 0) is 0 Å². The molecule has 0 spiro atoms. The van der Waals surface area contributed by atoms with E-state index in [0.717, 1.165) is 6.20 Å². The van der Waals surface area contributed by atoms with Gasteiger partial charge < -0.3 is 10.4 Å². The zero-order valence-corrected chi connectivity index (χ0v) is 10.6. The Balaban J connectivity index is 2.19. The van der Waals surface area contributed by atoms with Gasteiger partial charge in [0, 0.05) is 4.47 Å². The summed E-state index contributed by atoms with van der Waals surface area (Å²) in [6, 6.07) is 7.03. The standard InChI is InChI=1S/C12H8BrFN2O2/c13-7-1-3-9(10(17)5-7)12(18)16-11-4-2-8(14)6-15-11/h1-6,17H,(H,15,16,18). The van der Waals surface area contributed by atoms with Gasteiger partial charge in [0.1, 0.15) is 17.4 Å². The normalized spacial score (nSPS) is 10.1. The second-order valence-electron chi connectivity index (χ2n) is 3.48. The molecule has 0 aliphatic carbocycles. The van der Waals surface area contributed by atoms with E-state index < -0.39 is 11.7 Å². The topological polar surface area (TPSA) is 62.2 Å². The fourth-order valence-corrected chi connectivity index (χ4v) is 1.68. The minimum atomic E-state index is -0.515. The molecule has 0 bridgehead atoms. The highest BCUT2D eigenvalue weighted by Gasteiger charge is 2.11. The number of hydrogen-bond acceptors (Lipinski definition) is 3. The van der Waals surface area contributed by atoms with E-state index in [2.05, 4.69) is 26.2 Å². The minimum Gasteiger partial charge on any atom is -0.507 e. The van der Waals surface area contributed by atoms with Crippen molar-refractivity contribution in [2.45, 2.75) is 0 Å². The van der Waals surface area contributed by atoms with Gasteiger partial charge in [-0.2, -0.15) is 0 Å².